The molecular weight excluding hydrogens is 304 g/mol. The number of amides is 2. The van der Waals surface area contributed by atoms with Gasteiger partial charge >= 0.3 is 0 Å². The quantitative estimate of drug-likeness (QED) is 0.895. The molecular formula is C11H11BrN2O2S. The Balaban J connectivity index is 1.88. The number of halogens is 1. The highest BCUT2D eigenvalue weighted by molar-refractivity contribution is 9.10. The minimum atomic E-state index is -0.407. The first-order valence-corrected chi connectivity index (χ1v) is 6.89. The Hall–Kier alpha value is -1.01. The van der Waals surface area contributed by atoms with E-state index in [9.17, 15) is 9.59 Å². The van der Waals surface area contributed by atoms with E-state index in [1.165, 1.54) is 0 Å². The molecule has 1 saturated heterocycles. The van der Waals surface area contributed by atoms with Gasteiger partial charge in [0, 0.05) is 16.8 Å². The Kier molecular flexibility index (Phi) is 4.06. The van der Waals surface area contributed by atoms with E-state index in [2.05, 4.69) is 26.6 Å². The van der Waals surface area contributed by atoms with Gasteiger partial charge in [0.05, 0.1) is 0 Å². The van der Waals surface area contributed by atoms with Crippen molar-refractivity contribution in [1.82, 2.24) is 10.6 Å². The summed E-state index contributed by atoms with van der Waals surface area (Å²) < 4.78 is 0.963. The van der Waals surface area contributed by atoms with Gasteiger partial charge in [0.1, 0.15) is 6.04 Å². The zero-order valence-corrected chi connectivity index (χ0v) is 11.3. The number of rotatable bonds is 3. The maximum atomic E-state index is 11.7. The van der Waals surface area contributed by atoms with Gasteiger partial charge in [0.2, 0.25) is 5.91 Å². The van der Waals surface area contributed by atoms with Gasteiger partial charge in [0.25, 0.3) is 5.24 Å². The lowest BCUT2D eigenvalue weighted by Crippen LogP contribution is -2.42. The van der Waals surface area contributed by atoms with E-state index in [1.54, 1.807) is 0 Å². The summed E-state index contributed by atoms with van der Waals surface area (Å²) in [5.41, 5.74) is 1.01. The van der Waals surface area contributed by atoms with Crippen molar-refractivity contribution in [1.29, 1.82) is 0 Å². The van der Waals surface area contributed by atoms with Crippen LogP contribution in [0, 0.1) is 0 Å². The molecule has 4 nitrogen and oxygen atoms in total. The van der Waals surface area contributed by atoms with Gasteiger partial charge in [-0.1, -0.05) is 45.9 Å². The molecule has 0 bridgehead atoms. The lowest BCUT2D eigenvalue weighted by molar-refractivity contribution is -0.122. The molecule has 1 fully saturated rings. The summed E-state index contributed by atoms with van der Waals surface area (Å²) in [5.74, 6) is 0.361. The van der Waals surface area contributed by atoms with Crippen molar-refractivity contribution in [2.75, 3.05) is 5.75 Å². The lowest BCUT2D eigenvalue weighted by Gasteiger charge is -2.11. The second kappa shape index (κ2) is 5.55. The first-order valence-electron chi connectivity index (χ1n) is 5.11. The summed E-state index contributed by atoms with van der Waals surface area (Å²) in [6.07, 6.45) is 0. The van der Waals surface area contributed by atoms with Gasteiger partial charge in [-0.2, -0.15) is 0 Å². The largest absolute Gasteiger partial charge is 0.350 e. The average Bonchev–Trinajstić information content (AvgIpc) is 2.74. The highest BCUT2D eigenvalue weighted by Gasteiger charge is 2.27. The first kappa shape index (κ1) is 12.4. The Morgan fingerprint density at radius 1 is 1.53 bits per heavy atom. The summed E-state index contributed by atoms with van der Waals surface area (Å²) in [6.45, 7) is 0.456. The van der Waals surface area contributed by atoms with Gasteiger partial charge in [-0.3, -0.25) is 9.59 Å². The van der Waals surface area contributed by atoms with E-state index < -0.39 is 6.04 Å². The zero-order valence-electron chi connectivity index (χ0n) is 8.90. The summed E-state index contributed by atoms with van der Waals surface area (Å²) in [4.78, 5) is 22.7. The molecule has 2 rings (SSSR count). The van der Waals surface area contributed by atoms with Crippen molar-refractivity contribution in [2.24, 2.45) is 0 Å². The average molecular weight is 315 g/mol. The number of thioether (sulfide) groups is 1. The van der Waals surface area contributed by atoms with Gasteiger partial charge in [-0.15, -0.1) is 0 Å². The van der Waals surface area contributed by atoms with Gasteiger partial charge in [-0.05, 0) is 11.6 Å². The highest BCUT2D eigenvalue weighted by Crippen LogP contribution is 2.16. The number of carbonyl (C=O) groups is 2. The van der Waals surface area contributed by atoms with Gasteiger partial charge in [0.15, 0.2) is 0 Å². The van der Waals surface area contributed by atoms with Crippen molar-refractivity contribution in [3.05, 3.63) is 34.3 Å². The third kappa shape index (κ3) is 3.23. The molecule has 0 aliphatic carbocycles. The molecule has 0 spiro atoms. The molecule has 1 unspecified atom stereocenters. The van der Waals surface area contributed by atoms with Crippen LogP contribution < -0.4 is 10.6 Å². The third-order valence-electron chi connectivity index (χ3n) is 2.40. The fraction of sp³-hybridized carbons (Fsp3) is 0.273. The monoisotopic (exact) mass is 314 g/mol. The van der Waals surface area contributed by atoms with E-state index in [0.717, 1.165) is 21.8 Å². The standard InChI is InChI=1S/C11H11BrN2O2S/c12-8-4-2-1-3-7(8)5-13-10(15)9-6-17-11(16)14-9/h1-4,9H,5-6H2,(H,13,15)(H,14,16). The smallest absolute Gasteiger partial charge is 0.279 e. The molecule has 1 heterocycles. The molecule has 2 amide bonds. The van der Waals surface area contributed by atoms with Crippen LogP contribution in [0.2, 0.25) is 0 Å². The van der Waals surface area contributed by atoms with Crippen LogP contribution in [0.3, 0.4) is 0 Å². The number of hydrogen-bond acceptors (Lipinski definition) is 3. The van der Waals surface area contributed by atoms with E-state index in [-0.39, 0.29) is 11.1 Å². The molecule has 2 N–H and O–H groups in total. The van der Waals surface area contributed by atoms with Crippen LogP contribution in [0.25, 0.3) is 0 Å². The van der Waals surface area contributed by atoms with E-state index >= 15 is 0 Å². The fourth-order valence-corrected chi connectivity index (χ4v) is 2.68. The summed E-state index contributed by atoms with van der Waals surface area (Å²) in [6, 6.07) is 7.29. The van der Waals surface area contributed by atoms with Gasteiger partial charge in [-0.25, -0.2) is 0 Å². The van der Waals surface area contributed by atoms with Crippen LogP contribution in [0.1, 0.15) is 5.56 Å². The maximum Gasteiger partial charge on any atom is 0.279 e. The molecule has 90 valence electrons. The van der Waals surface area contributed by atoms with Crippen LogP contribution >= 0.6 is 27.7 Å². The van der Waals surface area contributed by atoms with Crippen molar-refractivity contribution < 1.29 is 9.59 Å². The molecule has 1 aliphatic heterocycles. The molecule has 0 saturated carbocycles. The molecule has 0 aromatic heterocycles. The van der Waals surface area contributed by atoms with Gasteiger partial charge < -0.3 is 10.6 Å². The van der Waals surface area contributed by atoms with Crippen molar-refractivity contribution in [2.45, 2.75) is 12.6 Å². The van der Waals surface area contributed by atoms with Crippen molar-refractivity contribution >= 4 is 38.8 Å². The van der Waals surface area contributed by atoms with Crippen LogP contribution in [0.5, 0.6) is 0 Å². The SMILES string of the molecule is O=C1NC(C(=O)NCc2ccccc2Br)CS1. The fourth-order valence-electron chi connectivity index (χ4n) is 1.47. The second-order valence-electron chi connectivity index (χ2n) is 3.60. The third-order valence-corrected chi connectivity index (χ3v) is 4.05. The molecule has 1 aliphatic rings. The normalized spacial score (nSPS) is 18.9. The van der Waals surface area contributed by atoms with E-state index in [4.69, 9.17) is 0 Å². The van der Waals surface area contributed by atoms with Crippen LogP contribution in [0.4, 0.5) is 4.79 Å². The summed E-state index contributed by atoms with van der Waals surface area (Å²) >= 11 is 4.55. The minimum Gasteiger partial charge on any atom is -0.350 e. The van der Waals surface area contributed by atoms with Crippen LogP contribution in [-0.4, -0.2) is 22.9 Å². The Morgan fingerprint density at radius 2 is 2.29 bits per heavy atom. The van der Waals surface area contributed by atoms with Crippen molar-refractivity contribution in [3.63, 3.8) is 0 Å². The Bertz CT molecular complexity index is 453. The number of benzene rings is 1. The Morgan fingerprint density at radius 3 is 2.94 bits per heavy atom. The topological polar surface area (TPSA) is 58.2 Å². The minimum absolute atomic E-state index is 0.133. The van der Waals surface area contributed by atoms with Crippen molar-refractivity contribution in [3.8, 4) is 0 Å². The van der Waals surface area contributed by atoms with E-state index in [0.29, 0.717) is 12.3 Å². The number of nitrogens with one attached hydrogen (secondary N) is 2. The predicted octanol–water partition coefficient (Wildman–Crippen LogP) is 1.89. The molecule has 1 aromatic carbocycles. The number of hydrogen-bond donors (Lipinski definition) is 2. The highest BCUT2D eigenvalue weighted by atomic mass is 79.9. The molecule has 1 atom stereocenters. The molecule has 6 heteroatoms. The first-order chi connectivity index (χ1) is 8.16. The predicted molar refractivity (Wildman–Crippen MR) is 70.8 cm³/mol. The number of carbonyl (C=O) groups excluding carboxylic acids is 2. The lowest BCUT2D eigenvalue weighted by atomic mass is 10.2. The zero-order chi connectivity index (χ0) is 12.3. The second-order valence-corrected chi connectivity index (χ2v) is 5.45. The summed E-state index contributed by atoms with van der Waals surface area (Å²) in [7, 11) is 0. The molecule has 17 heavy (non-hydrogen) atoms. The Labute approximate surface area is 112 Å². The molecule has 0 radical (unpaired) electrons. The van der Waals surface area contributed by atoms with Crippen LogP contribution in [-0.2, 0) is 11.3 Å². The van der Waals surface area contributed by atoms with Crippen LogP contribution in [0.15, 0.2) is 28.7 Å². The van der Waals surface area contributed by atoms with E-state index in [1.807, 2.05) is 24.3 Å². The summed E-state index contributed by atoms with van der Waals surface area (Å²) in [5, 5.41) is 5.28. The maximum absolute atomic E-state index is 11.7. The molecule has 1 aromatic rings.